The van der Waals surface area contributed by atoms with Crippen LogP contribution in [0.15, 0.2) is 36.4 Å². The standard InChI is InChI=1S/C18H20Cl2N2O3S/c1-11-5-7-14(19)9-16(11)21-18(23)13(3)22(26(4,24)25)17-10-15(20)8-6-12(17)2/h5-10,13H,1-4H3,(H,21,23)/t13-/m0/s1. The number of hydrogen-bond acceptors (Lipinski definition) is 3. The number of aryl methyl sites for hydroxylation is 2. The Morgan fingerprint density at radius 1 is 1.04 bits per heavy atom. The Kier molecular flexibility index (Phi) is 6.21. The number of anilines is 2. The van der Waals surface area contributed by atoms with Gasteiger partial charge in [0.2, 0.25) is 15.9 Å². The molecule has 0 spiro atoms. The smallest absolute Gasteiger partial charge is 0.248 e. The second kappa shape index (κ2) is 7.86. The van der Waals surface area contributed by atoms with E-state index in [0.717, 1.165) is 16.1 Å². The van der Waals surface area contributed by atoms with Crippen LogP contribution in [0.4, 0.5) is 11.4 Å². The fourth-order valence-corrected chi connectivity index (χ4v) is 4.13. The van der Waals surface area contributed by atoms with E-state index >= 15 is 0 Å². The molecular weight excluding hydrogens is 395 g/mol. The first-order chi connectivity index (χ1) is 12.0. The lowest BCUT2D eigenvalue weighted by Gasteiger charge is -2.29. The van der Waals surface area contributed by atoms with Gasteiger partial charge in [-0.25, -0.2) is 8.42 Å². The molecule has 8 heteroatoms. The molecule has 0 saturated heterocycles. The summed E-state index contributed by atoms with van der Waals surface area (Å²) in [4.78, 5) is 12.7. The van der Waals surface area contributed by atoms with Crippen LogP contribution < -0.4 is 9.62 Å². The summed E-state index contributed by atoms with van der Waals surface area (Å²) < 4.78 is 25.9. The van der Waals surface area contributed by atoms with E-state index in [9.17, 15) is 13.2 Å². The molecule has 0 heterocycles. The molecule has 0 aliphatic carbocycles. The first kappa shape index (κ1) is 20.6. The first-order valence-electron chi connectivity index (χ1n) is 7.83. The van der Waals surface area contributed by atoms with Gasteiger partial charge < -0.3 is 5.32 Å². The Labute approximate surface area is 164 Å². The summed E-state index contributed by atoms with van der Waals surface area (Å²) in [6, 6.07) is 9.04. The van der Waals surface area contributed by atoms with Crippen LogP contribution in [0.3, 0.4) is 0 Å². The third kappa shape index (κ3) is 4.69. The van der Waals surface area contributed by atoms with Crippen molar-refractivity contribution in [1.82, 2.24) is 0 Å². The average Bonchev–Trinajstić information content (AvgIpc) is 2.53. The van der Waals surface area contributed by atoms with Gasteiger partial charge in [0.25, 0.3) is 0 Å². The quantitative estimate of drug-likeness (QED) is 0.787. The normalized spacial score (nSPS) is 12.5. The third-order valence-corrected chi connectivity index (χ3v) is 5.65. The predicted molar refractivity (Wildman–Crippen MR) is 108 cm³/mol. The number of nitrogens with zero attached hydrogens (tertiary/aromatic N) is 1. The molecule has 0 fully saturated rings. The molecular formula is C18H20Cl2N2O3S. The number of carbonyl (C=O) groups is 1. The minimum Gasteiger partial charge on any atom is -0.324 e. The van der Waals surface area contributed by atoms with Gasteiger partial charge in [0.15, 0.2) is 0 Å². The number of sulfonamides is 1. The van der Waals surface area contributed by atoms with Crippen molar-refractivity contribution in [3.8, 4) is 0 Å². The zero-order chi connectivity index (χ0) is 19.6. The summed E-state index contributed by atoms with van der Waals surface area (Å²) in [5.41, 5.74) is 2.41. The van der Waals surface area contributed by atoms with Crippen molar-refractivity contribution >= 4 is 50.5 Å². The number of carbonyl (C=O) groups excluding carboxylic acids is 1. The Morgan fingerprint density at radius 2 is 1.58 bits per heavy atom. The van der Waals surface area contributed by atoms with Crippen molar-refractivity contribution in [2.24, 2.45) is 0 Å². The summed E-state index contributed by atoms with van der Waals surface area (Å²) >= 11 is 12.0. The zero-order valence-electron chi connectivity index (χ0n) is 14.9. The lowest BCUT2D eigenvalue weighted by Crippen LogP contribution is -2.45. The predicted octanol–water partition coefficient (Wildman–Crippen LogP) is 4.40. The van der Waals surface area contributed by atoms with Crippen LogP contribution in [0.5, 0.6) is 0 Å². The highest BCUT2D eigenvalue weighted by Gasteiger charge is 2.30. The molecule has 26 heavy (non-hydrogen) atoms. The number of hydrogen-bond donors (Lipinski definition) is 1. The van der Waals surface area contributed by atoms with E-state index < -0.39 is 22.0 Å². The van der Waals surface area contributed by atoms with Crippen molar-refractivity contribution in [3.05, 3.63) is 57.6 Å². The first-order valence-corrected chi connectivity index (χ1v) is 10.4. The highest BCUT2D eigenvalue weighted by Crippen LogP contribution is 2.29. The molecule has 0 aliphatic heterocycles. The van der Waals surface area contributed by atoms with E-state index in [1.54, 1.807) is 37.3 Å². The van der Waals surface area contributed by atoms with Gasteiger partial charge in [-0.05, 0) is 56.2 Å². The zero-order valence-corrected chi connectivity index (χ0v) is 17.2. The molecule has 0 aliphatic rings. The van der Waals surface area contributed by atoms with Crippen molar-refractivity contribution in [3.63, 3.8) is 0 Å². The second-order valence-corrected chi connectivity index (χ2v) is 8.85. The van der Waals surface area contributed by atoms with Crippen LogP contribution in [0.2, 0.25) is 10.0 Å². The number of rotatable bonds is 5. The monoisotopic (exact) mass is 414 g/mol. The molecule has 1 amide bonds. The van der Waals surface area contributed by atoms with Crippen molar-refractivity contribution in [1.29, 1.82) is 0 Å². The van der Waals surface area contributed by atoms with Crippen LogP contribution in [-0.4, -0.2) is 26.6 Å². The van der Waals surface area contributed by atoms with Crippen molar-refractivity contribution < 1.29 is 13.2 Å². The van der Waals surface area contributed by atoms with Gasteiger partial charge in [-0.1, -0.05) is 35.3 Å². The minimum absolute atomic E-state index is 0.366. The van der Waals surface area contributed by atoms with Gasteiger partial charge in [0.05, 0.1) is 11.9 Å². The summed E-state index contributed by atoms with van der Waals surface area (Å²) in [6.07, 6.45) is 1.06. The maximum atomic E-state index is 12.7. The molecule has 5 nitrogen and oxygen atoms in total. The van der Waals surface area contributed by atoms with E-state index in [-0.39, 0.29) is 0 Å². The van der Waals surface area contributed by atoms with E-state index in [1.165, 1.54) is 13.0 Å². The summed E-state index contributed by atoms with van der Waals surface area (Å²) in [7, 11) is -3.72. The van der Waals surface area contributed by atoms with Crippen molar-refractivity contribution in [2.45, 2.75) is 26.8 Å². The lowest BCUT2D eigenvalue weighted by molar-refractivity contribution is -0.116. The molecule has 140 valence electrons. The molecule has 2 rings (SSSR count). The van der Waals surface area contributed by atoms with Crippen LogP contribution in [0.25, 0.3) is 0 Å². The molecule has 0 radical (unpaired) electrons. The minimum atomic E-state index is -3.72. The summed E-state index contributed by atoms with van der Waals surface area (Å²) in [6.45, 7) is 5.11. The Bertz CT molecular complexity index is 945. The molecule has 0 saturated carbocycles. The van der Waals surface area contributed by atoms with Crippen LogP contribution in [0.1, 0.15) is 18.1 Å². The molecule has 1 atom stereocenters. The fraction of sp³-hybridized carbons (Fsp3) is 0.278. The van der Waals surface area contributed by atoms with E-state index in [1.807, 2.05) is 6.92 Å². The summed E-state index contributed by atoms with van der Waals surface area (Å²) in [5, 5.41) is 3.61. The largest absolute Gasteiger partial charge is 0.324 e. The average molecular weight is 415 g/mol. The van der Waals surface area contributed by atoms with E-state index in [4.69, 9.17) is 23.2 Å². The van der Waals surface area contributed by atoms with Crippen LogP contribution in [-0.2, 0) is 14.8 Å². The third-order valence-electron chi connectivity index (χ3n) is 3.95. The number of benzene rings is 2. The highest BCUT2D eigenvalue weighted by molar-refractivity contribution is 7.92. The van der Waals surface area contributed by atoms with E-state index in [0.29, 0.717) is 27.0 Å². The molecule has 0 unspecified atom stereocenters. The van der Waals surface area contributed by atoms with Gasteiger partial charge in [0.1, 0.15) is 6.04 Å². The Hall–Kier alpha value is -1.76. The van der Waals surface area contributed by atoms with Gasteiger partial charge in [-0.15, -0.1) is 0 Å². The van der Waals surface area contributed by atoms with E-state index in [2.05, 4.69) is 5.32 Å². The Morgan fingerprint density at radius 3 is 2.15 bits per heavy atom. The van der Waals surface area contributed by atoms with Gasteiger partial charge in [0, 0.05) is 15.7 Å². The maximum Gasteiger partial charge on any atom is 0.248 e. The van der Waals surface area contributed by atoms with Crippen molar-refractivity contribution in [2.75, 3.05) is 15.9 Å². The number of amides is 1. The van der Waals surface area contributed by atoms with Crippen LogP contribution in [0, 0.1) is 13.8 Å². The number of halogens is 2. The number of nitrogens with one attached hydrogen (secondary N) is 1. The highest BCUT2D eigenvalue weighted by atomic mass is 35.5. The second-order valence-electron chi connectivity index (χ2n) is 6.11. The van der Waals surface area contributed by atoms with Gasteiger partial charge in [-0.3, -0.25) is 9.10 Å². The molecule has 1 N–H and O–H groups in total. The SMILES string of the molecule is Cc1ccc(Cl)cc1NC(=O)[C@H](C)N(c1cc(Cl)ccc1C)S(C)(=O)=O. The Balaban J connectivity index is 2.41. The summed E-state index contributed by atoms with van der Waals surface area (Å²) in [5.74, 6) is -0.472. The molecule has 2 aromatic carbocycles. The molecule has 2 aromatic rings. The van der Waals surface area contributed by atoms with Gasteiger partial charge >= 0.3 is 0 Å². The topological polar surface area (TPSA) is 66.5 Å². The lowest BCUT2D eigenvalue weighted by atomic mass is 10.1. The molecule has 0 aromatic heterocycles. The maximum absolute atomic E-state index is 12.7. The fourth-order valence-electron chi connectivity index (χ4n) is 2.57. The van der Waals surface area contributed by atoms with Crippen LogP contribution >= 0.6 is 23.2 Å². The van der Waals surface area contributed by atoms with Gasteiger partial charge in [-0.2, -0.15) is 0 Å². The molecule has 0 bridgehead atoms.